The van der Waals surface area contributed by atoms with E-state index in [0.717, 1.165) is 22.4 Å². The molecule has 0 saturated carbocycles. The number of halogens is 2. The summed E-state index contributed by atoms with van der Waals surface area (Å²) in [6.45, 7) is 1.79. The molecule has 0 atom stereocenters. The van der Waals surface area contributed by atoms with Crippen LogP contribution in [0.5, 0.6) is 5.75 Å². The first-order valence-corrected chi connectivity index (χ1v) is 9.91. The van der Waals surface area contributed by atoms with Crippen LogP contribution in [0.1, 0.15) is 18.9 Å². The molecule has 0 aliphatic carbocycles. The highest BCUT2D eigenvalue weighted by molar-refractivity contribution is 6.35. The van der Waals surface area contributed by atoms with Crippen LogP contribution < -0.4 is 10.2 Å². The normalized spacial score (nSPS) is 11.2. The van der Waals surface area contributed by atoms with Crippen molar-refractivity contribution in [1.29, 1.82) is 0 Å². The molecule has 1 N–H and O–H groups in total. The average molecular weight is 427 g/mol. The van der Waals surface area contributed by atoms with Gasteiger partial charge in [-0.15, -0.1) is 0 Å². The molecule has 0 saturated heterocycles. The molecule has 29 heavy (non-hydrogen) atoms. The van der Waals surface area contributed by atoms with E-state index in [1.165, 1.54) is 0 Å². The summed E-state index contributed by atoms with van der Waals surface area (Å²) in [5, 5.41) is 5.10. The zero-order valence-electron chi connectivity index (χ0n) is 15.9. The molecular weight excluding hydrogens is 407 g/mol. The van der Waals surface area contributed by atoms with Gasteiger partial charge in [-0.05, 0) is 41.3 Å². The van der Waals surface area contributed by atoms with E-state index in [-0.39, 0.29) is 12.5 Å². The molecule has 1 amide bonds. The highest BCUT2D eigenvalue weighted by Gasteiger charge is 2.08. The zero-order valence-corrected chi connectivity index (χ0v) is 17.4. The summed E-state index contributed by atoms with van der Waals surface area (Å²) in [5.74, 6) is 0.0188. The van der Waals surface area contributed by atoms with Crippen molar-refractivity contribution in [1.82, 2.24) is 5.43 Å². The highest BCUT2D eigenvalue weighted by atomic mass is 35.5. The predicted octanol–water partition coefficient (Wildman–Crippen LogP) is 5.97. The summed E-state index contributed by atoms with van der Waals surface area (Å²) in [4.78, 5) is 12.1. The van der Waals surface area contributed by atoms with Crippen LogP contribution in [-0.2, 0) is 4.79 Å². The Kier molecular flexibility index (Phi) is 7.28. The van der Waals surface area contributed by atoms with Crippen molar-refractivity contribution in [3.63, 3.8) is 0 Å². The SMILES string of the molecule is CC/C(=N/NC(=O)COc1ccc(Cl)cc1Cl)c1ccc(-c2ccccc2)cc1. The molecule has 148 valence electrons. The monoisotopic (exact) mass is 426 g/mol. The molecule has 3 rings (SSSR count). The molecule has 0 bridgehead atoms. The molecule has 0 heterocycles. The summed E-state index contributed by atoms with van der Waals surface area (Å²) in [7, 11) is 0. The largest absolute Gasteiger partial charge is 0.482 e. The fourth-order valence-corrected chi connectivity index (χ4v) is 3.19. The van der Waals surface area contributed by atoms with E-state index in [0.29, 0.717) is 22.2 Å². The number of carbonyl (C=O) groups excluding carboxylic acids is 1. The molecule has 3 aromatic rings. The lowest BCUT2D eigenvalue weighted by molar-refractivity contribution is -0.123. The highest BCUT2D eigenvalue weighted by Crippen LogP contribution is 2.27. The maximum atomic E-state index is 12.1. The van der Waals surface area contributed by atoms with E-state index < -0.39 is 0 Å². The van der Waals surface area contributed by atoms with E-state index in [9.17, 15) is 4.79 Å². The standard InChI is InChI=1S/C23H20Cl2N2O2/c1-2-21(18-10-8-17(9-11-18)16-6-4-3-5-7-16)26-27-23(28)15-29-22-13-12-19(24)14-20(22)25/h3-14H,2,15H2,1H3,(H,27,28)/b26-21-. The fourth-order valence-electron chi connectivity index (χ4n) is 2.73. The van der Waals surface area contributed by atoms with E-state index >= 15 is 0 Å². The first kappa shape index (κ1) is 20.9. The van der Waals surface area contributed by atoms with Crippen LogP contribution >= 0.6 is 23.2 Å². The molecule has 4 nitrogen and oxygen atoms in total. The van der Waals surface area contributed by atoms with Gasteiger partial charge in [0, 0.05) is 5.02 Å². The lowest BCUT2D eigenvalue weighted by atomic mass is 10.0. The quantitative estimate of drug-likeness (QED) is 0.373. The average Bonchev–Trinajstić information content (AvgIpc) is 2.74. The predicted molar refractivity (Wildman–Crippen MR) is 119 cm³/mol. The summed E-state index contributed by atoms with van der Waals surface area (Å²) in [5.41, 5.74) is 6.55. The van der Waals surface area contributed by atoms with Gasteiger partial charge in [0.05, 0.1) is 10.7 Å². The van der Waals surface area contributed by atoms with Gasteiger partial charge in [0.2, 0.25) is 0 Å². The summed E-state index contributed by atoms with van der Waals surface area (Å²) >= 11 is 11.9. The number of amides is 1. The van der Waals surface area contributed by atoms with Gasteiger partial charge in [-0.2, -0.15) is 5.10 Å². The lowest BCUT2D eigenvalue weighted by Crippen LogP contribution is -2.26. The molecule has 0 aliphatic heterocycles. The van der Waals surface area contributed by atoms with Gasteiger partial charge < -0.3 is 4.74 Å². The topological polar surface area (TPSA) is 50.7 Å². The Balaban J connectivity index is 1.61. The molecule has 0 aliphatic rings. The van der Waals surface area contributed by atoms with Crippen LogP contribution in [0.25, 0.3) is 11.1 Å². The molecule has 0 aromatic heterocycles. The van der Waals surface area contributed by atoms with Gasteiger partial charge >= 0.3 is 0 Å². The lowest BCUT2D eigenvalue weighted by Gasteiger charge is -2.09. The van der Waals surface area contributed by atoms with Gasteiger partial charge in [0.1, 0.15) is 5.75 Å². The smallest absolute Gasteiger partial charge is 0.277 e. The molecule has 0 spiro atoms. The van der Waals surface area contributed by atoms with Crippen molar-refractivity contribution in [3.8, 4) is 16.9 Å². The minimum absolute atomic E-state index is 0.200. The number of hydrogen-bond donors (Lipinski definition) is 1. The number of ether oxygens (including phenoxy) is 1. The number of carbonyl (C=O) groups is 1. The van der Waals surface area contributed by atoms with Crippen LogP contribution in [-0.4, -0.2) is 18.2 Å². The fraction of sp³-hybridized carbons (Fsp3) is 0.130. The molecule has 0 unspecified atom stereocenters. The Morgan fingerprint density at radius 2 is 1.66 bits per heavy atom. The van der Waals surface area contributed by atoms with Gasteiger partial charge in [0.15, 0.2) is 6.61 Å². The maximum absolute atomic E-state index is 12.1. The molecule has 6 heteroatoms. The molecule has 0 radical (unpaired) electrons. The van der Waals surface area contributed by atoms with Crippen LogP contribution in [0, 0.1) is 0 Å². The third kappa shape index (κ3) is 5.83. The number of hydrazone groups is 1. The number of nitrogens with one attached hydrogen (secondary N) is 1. The molecule has 3 aromatic carbocycles. The van der Waals surface area contributed by atoms with Gasteiger partial charge in [-0.3, -0.25) is 4.79 Å². The third-order valence-electron chi connectivity index (χ3n) is 4.23. The van der Waals surface area contributed by atoms with Gasteiger partial charge in [0.25, 0.3) is 5.91 Å². The second-order valence-electron chi connectivity index (χ2n) is 6.25. The Bertz CT molecular complexity index is 1000. The van der Waals surface area contributed by atoms with Crippen molar-refractivity contribution >= 4 is 34.8 Å². The summed E-state index contributed by atoms with van der Waals surface area (Å²) < 4.78 is 5.42. The van der Waals surface area contributed by atoms with E-state index in [1.807, 2.05) is 49.4 Å². The van der Waals surface area contributed by atoms with E-state index in [2.05, 4.69) is 22.7 Å². The van der Waals surface area contributed by atoms with Crippen molar-refractivity contribution in [3.05, 3.63) is 88.4 Å². The minimum Gasteiger partial charge on any atom is -0.482 e. The summed E-state index contributed by atoms with van der Waals surface area (Å²) in [6, 6.07) is 23.1. The Labute approximate surface area is 180 Å². The second-order valence-corrected chi connectivity index (χ2v) is 7.10. The number of rotatable bonds is 7. The number of nitrogens with zero attached hydrogens (tertiary/aromatic N) is 1. The van der Waals surface area contributed by atoms with Crippen molar-refractivity contribution in [2.45, 2.75) is 13.3 Å². The Morgan fingerprint density at radius 1 is 0.966 bits per heavy atom. The van der Waals surface area contributed by atoms with E-state index in [1.54, 1.807) is 18.2 Å². The number of benzene rings is 3. The van der Waals surface area contributed by atoms with Gasteiger partial charge in [-0.25, -0.2) is 5.43 Å². The first-order valence-electron chi connectivity index (χ1n) is 9.16. The van der Waals surface area contributed by atoms with Crippen molar-refractivity contribution < 1.29 is 9.53 Å². The Morgan fingerprint density at radius 3 is 2.31 bits per heavy atom. The zero-order chi connectivity index (χ0) is 20.6. The van der Waals surface area contributed by atoms with E-state index in [4.69, 9.17) is 27.9 Å². The van der Waals surface area contributed by atoms with Crippen molar-refractivity contribution in [2.24, 2.45) is 5.10 Å². The minimum atomic E-state index is -0.372. The molecule has 0 fully saturated rings. The summed E-state index contributed by atoms with van der Waals surface area (Å²) in [6.07, 6.45) is 0.675. The molecular formula is C23H20Cl2N2O2. The van der Waals surface area contributed by atoms with Crippen molar-refractivity contribution in [2.75, 3.05) is 6.61 Å². The first-order chi connectivity index (χ1) is 14.1. The van der Waals surface area contributed by atoms with Gasteiger partial charge in [-0.1, -0.05) is 84.7 Å². The van der Waals surface area contributed by atoms with Crippen LogP contribution in [0.4, 0.5) is 0 Å². The van der Waals surface area contributed by atoms with Crippen LogP contribution in [0.2, 0.25) is 10.0 Å². The second kappa shape index (κ2) is 10.1. The number of hydrogen-bond acceptors (Lipinski definition) is 3. The third-order valence-corrected chi connectivity index (χ3v) is 4.76. The van der Waals surface area contributed by atoms with Crippen LogP contribution in [0.15, 0.2) is 77.9 Å². The maximum Gasteiger partial charge on any atom is 0.277 e. The van der Waals surface area contributed by atoms with Crippen LogP contribution in [0.3, 0.4) is 0 Å². The Hall–Kier alpha value is -2.82.